The van der Waals surface area contributed by atoms with Crippen LogP contribution in [0.4, 0.5) is 0 Å². The van der Waals surface area contributed by atoms with Gasteiger partial charge in [-0.3, -0.25) is 9.59 Å². The number of rotatable bonds is 6. The minimum absolute atomic E-state index is 0.0338. The monoisotopic (exact) mass is 277 g/mol. The van der Waals surface area contributed by atoms with E-state index in [1.54, 1.807) is 4.90 Å². The number of hydrogen-bond donors (Lipinski definition) is 1. The lowest BCUT2D eigenvalue weighted by atomic mass is 10.0. The van der Waals surface area contributed by atoms with E-state index >= 15 is 0 Å². The van der Waals surface area contributed by atoms with E-state index in [9.17, 15) is 9.59 Å². The highest BCUT2D eigenvalue weighted by Crippen LogP contribution is 2.14. The maximum atomic E-state index is 12.5. The van der Waals surface area contributed by atoms with Crippen LogP contribution in [-0.4, -0.2) is 34.5 Å². The molecule has 4 nitrogen and oxygen atoms in total. The maximum Gasteiger partial charge on any atom is 0.303 e. The van der Waals surface area contributed by atoms with Gasteiger partial charge in [0.15, 0.2) is 0 Å². The first-order valence-electron chi connectivity index (χ1n) is 6.93. The van der Waals surface area contributed by atoms with Gasteiger partial charge in [-0.05, 0) is 57.4 Å². The molecule has 0 saturated carbocycles. The fourth-order valence-electron chi connectivity index (χ4n) is 2.04. The van der Waals surface area contributed by atoms with E-state index in [0.717, 1.165) is 11.1 Å². The topological polar surface area (TPSA) is 57.6 Å². The van der Waals surface area contributed by atoms with E-state index in [0.29, 0.717) is 18.5 Å². The van der Waals surface area contributed by atoms with Crippen LogP contribution < -0.4 is 0 Å². The third-order valence-electron chi connectivity index (χ3n) is 3.43. The molecule has 0 aliphatic heterocycles. The van der Waals surface area contributed by atoms with Gasteiger partial charge >= 0.3 is 5.97 Å². The third-order valence-corrected chi connectivity index (χ3v) is 3.43. The lowest BCUT2D eigenvalue weighted by Crippen LogP contribution is -2.38. The minimum Gasteiger partial charge on any atom is -0.481 e. The molecule has 0 saturated heterocycles. The fourth-order valence-corrected chi connectivity index (χ4v) is 2.04. The van der Waals surface area contributed by atoms with Gasteiger partial charge in [-0.1, -0.05) is 6.07 Å². The van der Waals surface area contributed by atoms with Crippen LogP contribution in [-0.2, 0) is 4.79 Å². The highest BCUT2D eigenvalue weighted by atomic mass is 16.4. The summed E-state index contributed by atoms with van der Waals surface area (Å²) < 4.78 is 0. The van der Waals surface area contributed by atoms with Crippen molar-refractivity contribution in [2.45, 2.75) is 46.6 Å². The lowest BCUT2D eigenvalue weighted by Gasteiger charge is -2.27. The smallest absolute Gasteiger partial charge is 0.303 e. The standard InChI is InChI=1S/C16H23NO3/c1-11(2)17(9-5-6-15(18)19)16(20)14-8-7-12(3)13(4)10-14/h7-8,10-11H,5-6,9H2,1-4H3,(H,18,19). The molecule has 0 aliphatic rings. The first-order chi connectivity index (χ1) is 9.32. The van der Waals surface area contributed by atoms with Crippen molar-refractivity contribution in [3.63, 3.8) is 0 Å². The Bertz CT molecular complexity index is 494. The maximum absolute atomic E-state index is 12.5. The summed E-state index contributed by atoms with van der Waals surface area (Å²) in [5.41, 5.74) is 2.91. The van der Waals surface area contributed by atoms with Crippen LogP contribution in [0.1, 0.15) is 48.2 Å². The quantitative estimate of drug-likeness (QED) is 0.869. The van der Waals surface area contributed by atoms with Crippen molar-refractivity contribution in [3.05, 3.63) is 34.9 Å². The van der Waals surface area contributed by atoms with Gasteiger partial charge in [0.1, 0.15) is 0 Å². The normalized spacial score (nSPS) is 10.7. The van der Waals surface area contributed by atoms with Gasteiger partial charge < -0.3 is 10.0 Å². The molecular weight excluding hydrogens is 254 g/mol. The molecule has 20 heavy (non-hydrogen) atoms. The average Bonchev–Trinajstić information content (AvgIpc) is 2.36. The highest BCUT2D eigenvalue weighted by Gasteiger charge is 2.19. The number of hydrogen-bond acceptors (Lipinski definition) is 2. The molecule has 1 amide bonds. The molecule has 0 radical (unpaired) electrons. The molecule has 1 aromatic carbocycles. The van der Waals surface area contributed by atoms with Crippen molar-refractivity contribution >= 4 is 11.9 Å². The largest absolute Gasteiger partial charge is 0.481 e. The van der Waals surface area contributed by atoms with Crippen molar-refractivity contribution in [3.8, 4) is 0 Å². The van der Waals surface area contributed by atoms with E-state index < -0.39 is 5.97 Å². The summed E-state index contributed by atoms with van der Waals surface area (Å²) in [5.74, 6) is -0.860. The summed E-state index contributed by atoms with van der Waals surface area (Å²) in [5, 5.41) is 8.68. The zero-order valence-electron chi connectivity index (χ0n) is 12.6. The Labute approximate surface area is 120 Å². The SMILES string of the molecule is Cc1ccc(C(=O)N(CCCC(=O)O)C(C)C)cc1C. The van der Waals surface area contributed by atoms with Crippen LogP contribution in [0.25, 0.3) is 0 Å². The van der Waals surface area contributed by atoms with Crippen LogP contribution in [0.15, 0.2) is 18.2 Å². The molecular formula is C16H23NO3. The molecule has 0 unspecified atom stereocenters. The van der Waals surface area contributed by atoms with Gasteiger partial charge in [-0.25, -0.2) is 0 Å². The molecule has 1 N–H and O–H groups in total. The molecule has 0 aromatic heterocycles. The minimum atomic E-state index is -0.827. The van der Waals surface area contributed by atoms with E-state index in [1.807, 2.05) is 45.9 Å². The average molecular weight is 277 g/mol. The van der Waals surface area contributed by atoms with Gasteiger partial charge in [-0.2, -0.15) is 0 Å². The van der Waals surface area contributed by atoms with Crippen molar-refractivity contribution < 1.29 is 14.7 Å². The predicted molar refractivity (Wildman–Crippen MR) is 79.0 cm³/mol. The van der Waals surface area contributed by atoms with Crippen LogP contribution in [0, 0.1) is 13.8 Å². The van der Waals surface area contributed by atoms with E-state index in [-0.39, 0.29) is 18.4 Å². The molecule has 0 spiro atoms. The van der Waals surface area contributed by atoms with Gasteiger partial charge in [0, 0.05) is 24.6 Å². The van der Waals surface area contributed by atoms with Crippen LogP contribution >= 0.6 is 0 Å². The molecule has 0 atom stereocenters. The summed E-state index contributed by atoms with van der Waals surface area (Å²) in [6.07, 6.45) is 0.563. The van der Waals surface area contributed by atoms with Crippen LogP contribution in [0.5, 0.6) is 0 Å². The first kappa shape index (κ1) is 16.2. The number of nitrogens with zero attached hydrogens (tertiary/aromatic N) is 1. The van der Waals surface area contributed by atoms with Gasteiger partial charge in [-0.15, -0.1) is 0 Å². The molecule has 1 aromatic rings. The predicted octanol–water partition coefficient (Wildman–Crippen LogP) is 3.02. The zero-order chi connectivity index (χ0) is 15.3. The number of aryl methyl sites for hydroxylation is 2. The Hall–Kier alpha value is -1.84. The number of carbonyl (C=O) groups excluding carboxylic acids is 1. The number of benzene rings is 1. The van der Waals surface area contributed by atoms with Gasteiger partial charge in [0.25, 0.3) is 5.91 Å². The molecule has 110 valence electrons. The molecule has 0 aliphatic carbocycles. The van der Waals surface area contributed by atoms with Crippen molar-refractivity contribution in [2.24, 2.45) is 0 Å². The molecule has 0 bridgehead atoms. The van der Waals surface area contributed by atoms with E-state index in [2.05, 4.69) is 0 Å². The second-order valence-corrected chi connectivity index (χ2v) is 5.39. The van der Waals surface area contributed by atoms with Crippen LogP contribution in [0.2, 0.25) is 0 Å². The number of carboxylic acid groups (broad SMARTS) is 1. The number of carbonyl (C=O) groups is 2. The summed E-state index contributed by atoms with van der Waals surface area (Å²) in [6, 6.07) is 5.72. The van der Waals surface area contributed by atoms with Crippen molar-refractivity contribution in [2.75, 3.05) is 6.54 Å². The summed E-state index contributed by atoms with van der Waals surface area (Å²) in [6.45, 7) is 8.35. The van der Waals surface area contributed by atoms with Crippen molar-refractivity contribution in [1.82, 2.24) is 4.90 Å². The Morgan fingerprint density at radius 3 is 2.35 bits per heavy atom. The third kappa shape index (κ3) is 4.37. The second-order valence-electron chi connectivity index (χ2n) is 5.39. The number of aliphatic carboxylic acids is 1. The van der Waals surface area contributed by atoms with Crippen molar-refractivity contribution in [1.29, 1.82) is 0 Å². The molecule has 4 heteroatoms. The number of amides is 1. The van der Waals surface area contributed by atoms with E-state index in [1.165, 1.54) is 0 Å². The van der Waals surface area contributed by atoms with Gasteiger partial charge in [0.2, 0.25) is 0 Å². The lowest BCUT2D eigenvalue weighted by molar-refractivity contribution is -0.137. The second kappa shape index (κ2) is 7.08. The van der Waals surface area contributed by atoms with Crippen LogP contribution in [0.3, 0.4) is 0 Å². The Morgan fingerprint density at radius 2 is 1.85 bits per heavy atom. The van der Waals surface area contributed by atoms with Gasteiger partial charge in [0.05, 0.1) is 0 Å². The highest BCUT2D eigenvalue weighted by molar-refractivity contribution is 5.94. The summed E-state index contributed by atoms with van der Waals surface area (Å²) in [4.78, 5) is 24.8. The Balaban J connectivity index is 2.82. The Kier molecular flexibility index (Phi) is 5.74. The molecule has 1 rings (SSSR count). The first-order valence-corrected chi connectivity index (χ1v) is 6.93. The zero-order valence-corrected chi connectivity index (χ0v) is 12.6. The molecule has 0 heterocycles. The number of carboxylic acids is 1. The Morgan fingerprint density at radius 1 is 1.20 bits per heavy atom. The van der Waals surface area contributed by atoms with E-state index in [4.69, 9.17) is 5.11 Å². The summed E-state index contributed by atoms with van der Waals surface area (Å²) >= 11 is 0. The summed E-state index contributed by atoms with van der Waals surface area (Å²) in [7, 11) is 0. The molecule has 0 fully saturated rings. The fraction of sp³-hybridized carbons (Fsp3) is 0.500.